The lowest BCUT2D eigenvalue weighted by molar-refractivity contribution is -0.172. The molecule has 0 spiro atoms. The zero-order chi connectivity index (χ0) is 63.8. The predicted octanol–water partition coefficient (Wildman–Crippen LogP) is 4.36. The van der Waals surface area contributed by atoms with Crippen LogP contribution in [0.2, 0.25) is 0 Å². The molecule has 1 fully saturated rings. The van der Waals surface area contributed by atoms with Crippen LogP contribution in [0.4, 0.5) is 4.39 Å². The zero-order valence-corrected chi connectivity index (χ0v) is 50.8. The second kappa shape index (κ2) is 31.6. The summed E-state index contributed by atoms with van der Waals surface area (Å²) in [6, 6.07) is 11.4. The van der Waals surface area contributed by atoms with Crippen LogP contribution >= 0.6 is 0 Å². The minimum Gasteiger partial charge on any atom is -0.458 e. The van der Waals surface area contributed by atoms with Gasteiger partial charge in [0.05, 0.1) is 94.4 Å². The molecule has 5 amide bonds. The summed E-state index contributed by atoms with van der Waals surface area (Å²) in [5, 5.41) is 20.4. The van der Waals surface area contributed by atoms with Gasteiger partial charge in [0.15, 0.2) is 17.2 Å². The van der Waals surface area contributed by atoms with Gasteiger partial charge in [0.25, 0.3) is 5.56 Å². The molecule has 0 saturated carbocycles. The number of amides is 5. The van der Waals surface area contributed by atoms with Crippen LogP contribution in [-0.2, 0) is 103 Å². The number of aromatic nitrogens is 2. The number of carbonyl (C=O) groups is 10. The summed E-state index contributed by atoms with van der Waals surface area (Å²) in [6.45, 7) is 6.55. The average molecular weight is 1240 g/mol. The lowest BCUT2D eigenvalue weighted by Crippen LogP contribution is -2.44. The van der Waals surface area contributed by atoms with Gasteiger partial charge in [-0.15, -0.1) is 0 Å². The topological polar surface area (TPSA) is 311 Å². The van der Waals surface area contributed by atoms with Crippen molar-refractivity contribution in [2.75, 3.05) is 72.5 Å². The summed E-state index contributed by atoms with van der Waals surface area (Å²) in [6.07, 6.45) is 1.84. The Morgan fingerprint density at radius 3 is 2.13 bits per heavy atom. The number of benzene rings is 2. The van der Waals surface area contributed by atoms with Crippen molar-refractivity contribution in [3.63, 3.8) is 0 Å². The number of aliphatic hydroxyl groups is 1. The van der Waals surface area contributed by atoms with Crippen LogP contribution in [0, 0.1) is 24.6 Å². The number of hydrogen-bond donors (Lipinski definition) is 4. The molecular formula is C65H79FN6O17. The number of likely N-dealkylation sites (tertiary alicyclic amines) is 1. The molecule has 1 unspecified atom stereocenters. The van der Waals surface area contributed by atoms with Crippen LogP contribution in [0.3, 0.4) is 0 Å². The van der Waals surface area contributed by atoms with Crippen LogP contribution in [0.1, 0.15) is 142 Å². The molecule has 24 heteroatoms. The van der Waals surface area contributed by atoms with Gasteiger partial charge in [-0.25, -0.2) is 14.2 Å². The second-order valence-electron chi connectivity index (χ2n) is 23.1. The van der Waals surface area contributed by atoms with Gasteiger partial charge in [0.2, 0.25) is 29.5 Å². The quantitative estimate of drug-likeness (QED) is 0.0244. The highest BCUT2D eigenvalue weighted by Gasteiger charge is 2.46. The number of Topliss-reactive ketones (excluding diaryl/α,β-unsaturated/α-hetero) is 4. The van der Waals surface area contributed by atoms with Crippen molar-refractivity contribution in [1.82, 2.24) is 30.4 Å². The predicted molar refractivity (Wildman–Crippen MR) is 318 cm³/mol. The molecule has 23 nitrogen and oxygen atoms in total. The van der Waals surface area contributed by atoms with Crippen LogP contribution in [0.15, 0.2) is 47.3 Å². The second-order valence-corrected chi connectivity index (χ2v) is 23.1. The minimum absolute atomic E-state index is 0.0293. The number of rotatable bonds is 37. The molecule has 0 bridgehead atoms. The number of cyclic esters (lactones) is 1. The van der Waals surface area contributed by atoms with Gasteiger partial charge in [-0.2, -0.15) is 0 Å². The monoisotopic (exact) mass is 1230 g/mol. The fourth-order valence-corrected chi connectivity index (χ4v) is 11.8. The Hall–Kier alpha value is -7.77. The number of esters is 1. The van der Waals surface area contributed by atoms with Gasteiger partial charge >= 0.3 is 5.97 Å². The number of ether oxygens (including phenoxy) is 5. The van der Waals surface area contributed by atoms with Gasteiger partial charge in [0.1, 0.15) is 24.0 Å². The number of carbonyl (C=O) groups excluding carboxylic acids is 10. The van der Waals surface area contributed by atoms with Crippen LogP contribution in [0.5, 0.6) is 0 Å². The third-order valence-electron chi connectivity index (χ3n) is 16.8. The number of hydrogen-bond acceptors (Lipinski definition) is 18. The number of ketones is 4. The average Bonchev–Trinajstić information content (AvgIpc) is 1.80. The van der Waals surface area contributed by atoms with Crippen molar-refractivity contribution < 1.29 is 81.1 Å². The van der Waals surface area contributed by atoms with Crippen molar-refractivity contribution >= 4 is 69.5 Å². The van der Waals surface area contributed by atoms with Crippen molar-refractivity contribution in [1.29, 1.82) is 0 Å². The van der Waals surface area contributed by atoms with Crippen molar-refractivity contribution in [2.45, 2.75) is 142 Å². The summed E-state index contributed by atoms with van der Waals surface area (Å²) < 4.78 is 44.1. The van der Waals surface area contributed by atoms with Gasteiger partial charge in [-0.1, -0.05) is 44.2 Å². The summed E-state index contributed by atoms with van der Waals surface area (Å²) in [4.78, 5) is 148. The molecular weight excluding hydrogens is 1160 g/mol. The van der Waals surface area contributed by atoms with E-state index in [1.165, 1.54) is 15.5 Å². The first-order valence-electron chi connectivity index (χ1n) is 30.7. The Morgan fingerprint density at radius 2 is 1.44 bits per heavy atom. The molecule has 0 radical (unpaired) electrons. The number of aryl methyl sites for hydroxylation is 1. The highest BCUT2D eigenvalue weighted by Crippen LogP contribution is 2.46. The Labute approximate surface area is 514 Å². The normalized spacial score (nSPS) is 17.6. The Morgan fingerprint density at radius 1 is 0.764 bits per heavy atom. The van der Waals surface area contributed by atoms with E-state index in [2.05, 4.69) is 16.0 Å². The summed E-state index contributed by atoms with van der Waals surface area (Å²) >= 11 is 0. The summed E-state index contributed by atoms with van der Waals surface area (Å²) in [5.41, 5.74) is 2.17. The number of pyridine rings is 2. The first kappa shape index (κ1) is 67.2. The molecule has 2 aromatic heterocycles. The Bertz CT molecular complexity index is 3410. The van der Waals surface area contributed by atoms with Gasteiger partial charge in [-0.05, 0) is 73.8 Å². The first-order chi connectivity index (χ1) is 42.8. The van der Waals surface area contributed by atoms with Crippen molar-refractivity contribution in [3.8, 4) is 11.4 Å². The lowest BCUT2D eigenvalue weighted by Gasteiger charge is -2.31. The molecule has 4 aliphatic rings. The molecule has 478 valence electrons. The van der Waals surface area contributed by atoms with Crippen LogP contribution in [0.25, 0.3) is 22.3 Å². The van der Waals surface area contributed by atoms with E-state index in [9.17, 15) is 57.8 Å². The number of nitrogens with zero attached hydrogens (tertiary/aromatic N) is 3. The fraction of sp³-hybridized carbons (Fsp3) is 0.538. The summed E-state index contributed by atoms with van der Waals surface area (Å²) in [5.74, 6) is -5.37. The molecule has 1 aliphatic carbocycles. The van der Waals surface area contributed by atoms with E-state index in [0.29, 0.717) is 97.7 Å². The number of imide groups is 1. The number of nitrogens with one attached hydrogen (secondary N) is 3. The highest BCUT2D eigenvalue weighted by atomic mass is 19.1. The van der Waals surface area contributed by atoms with Gasteiger partial charge in [0, 0.05) is 105 Å². The van der Waals surface area contributed by atoms with E-state index >= 15 is 4.39 Å². The first-order valence-corrected chi connectivity index (χ1v) is 30.7. The minimum atomic E-state index is -2.05. The molecule has 8 rings (SSSR count). The fourth-order valence-electron chi connectivity index (χ4n) is 11.8. The largest absolute Gasteiger partial charge is 0.458 e. The molecule has 3 aliphatic heterocycles. The van der Waals surface area contributed by atoms with Crippen molar-refractivity contribution in [2.24, 2.45) is 11.8 Å². The van der Waals surface area contributed by atoms with E-state index in [0.717, 1.165) is 11.1 Å². The number of fused-ring (bicyclic) bond motifs is 5. The smallest absolute Gasteiger partial charge is 0.343 e. The Balaban J connectivity index is 0.697. The van der Waals surface area contributed by atoms with Gasteiger partial charge < -0.3 is 49.3 Å². The molecule has 5 heterocycles. The molecule has 4 atom stereocenters. The lowest BCUT2D eigenvalue weighted by atomic mass is 9.81. The SMILES string of the molecule is CC[C@@]1(O)C(=O)OCc2c1cc1n(c2=O)Cc2c-1nc1cc(F)c(C)c3c1c2[C@@H](NC(=O)CCCC(=O)CNC(=O)[C@@H](CC(=O)CNC(=O)CCC(=O)CCOCCOCCOCCOCCCC(=O)CCN1C(=O)CC(C)C1=O)Cc1ccccc1)CC3. The van der Waals surface area contributed by atoms with E-state index in [-0.39, 0.29) is 175 Å². The maximum Gasteiger partial charge on any atom is 0.343 e. The molecule has 2 aromatic carbocycles. The highest BCUT2D eigenvalue weighted by molar-refractivity contribution is 6.03. The van der Waals surface area contributed by atoms with Gasteiger partial charge in [-0.3, -0.25) is 52.8 Å². The molecule has 89 heavy (non-hydrogen) atoms. The van der Waals surface area contributed by atoms with Crippen LogP contribution in [-0.4, -0.2) is 151 Å². The number of halogens is 1. The standard InChI is InChI=1S/C65H79FN6O17/c1-4-65(84)50-33-54-60-48(37-72(54)63(82)49(50)38-89-64(65)83)59-52(17-16-47-40(3)51(66)34-53(70-60)58(47)59)69-56(78)14-8-12-45(75)35-68-61(80)42(31-41-10-6-5-7-11-41)32-46(76)36-67-55(77)18-15-44(74)20-23-86-25-27-88-29-28-87-26-24-85-22-9-13-43(73)19-21-71-57(79)30-39(2)62(71)81/h5-7,10-11,33-34,39,42,52,84H,4,8-9,12-32,35-38H2,1-3H3,(H,67,77)(H,68,80)(H,69,78)/t39?,42-,52+,65+/m1/s1. The molecule has 1 saturated heterocycles. The Kier molecular flexibility index (Phi) is 23.9. The van der Waals surface area contributed by atoms with E-state index < -0.39 is 52.5 Å². The summed E-state index contributed by atoms with van der Waals surface area (Å²) in [7, 11) is 0. The maximum absolute atomic E-state index is 15.4. The van der Waals surface area contributed by atoms with E-state index in [4.69, 9.17) is 28.7 Å². The molecule has 4 N–H and O–H groups in total. The maximum atomic E-state index is 15.4. The zero-order valence-electron chi connectivity index (χ0n) is 50.8. The third kappa shape index (κ3) is 17.1. The van der Waals surface area contributed by atoms with Crippen molar-refractivity contribution in [3.05, 3.63) is 97.6 Å². The third-order valence-corrected chi connectivity index (χ3v) is 16.8. The van der Waals surface area contributed by atoms with E-state index in [1.54, 1.807) is 39.0 Å². The van der Waals surface area contributed by atoms with Crippen LogP contribution < -0.4 is 21.5 Å². The van der Waals surface area contributed by atoms with E-state index in [1.807, 2.05) is 18.2 Å². The molecule has 4 aromatic rings.